The van der Waals surface area contributed by atoms with Gasteiger partial charge >= 0.3 is 0 Å². The molecule has 4 nitrogen and oxygen atoms in total. The number of hydrazine groups is 1. The Labute approximate surface area is 118 Å². The van der Waals surface area contributed by atoms with Crippen LogP contribution < -0.4 is 10.9 Å². The van der Waals surface area contributed by atoms with Crippen LogP contribution in [0.15, 0.2) is 24.3 Å². The summed E-state index contributed by atoms with van der Waals surface area (Å²) in [6.45, 7) is 1.54. The van der Waals surface area contributed by atoms with E-state index in [-0.39, 0.29) is 11.9 Å². The molecule has 102 valence electrons. The van der Waals surface area contributed by atoms with Crippen LogP contribution in [0.25, 0.3) is 0 Å². The van der Waals surface area contributed by atoms with Gasteiger partial charge in [-0.1, -0.05) is 23.7 Å². The zero-order valence-electron chi connectivity index (χ0n) is 10.7. The fraction of sp³-hybridized carbons (Fsp3) is 0.500. The Morgan fingerprint density at radius 1 is 1.26 bits per heavy atom. The molecule has 1 aliphatic heterocycles. The van der Waals surface area contributed by atoms with Gasteiger partial charge in [0.1, 0.15) is 6.04 Å². The molecule has 3 rings (SSSR count). The molecule has 1 aliphatic carbocycles. The van der Waals surface area contributed by atoms with Crippen LogP contribution in [0.1, 0.15) is 24.8 Å². The standard InChI is InChI=1S/C14H18ClN3O/c15-11-3-1-10(2-4-11)9-18(12-5-6-12)14(19)13-7-8-16-17-13/h1-4,12-13,16-17H,5-9H2. The highest BCUT2D eigenvalue weighted by atomic mass is 35.5. The number of hydrogen-bond acceptors (Lipinski definition) is 3. The molecule has 2 aliphatic rings. The van der Waals surface area contributed by atoms with Gasteiger partial charge in [0.05, 0.1) is 0 Å². The molecular weight excluding hydrogens is 262 g/mol. The van der Waals surface area contributed by atoms with Gasteiger partial charge in [-0.05, 0) is 37.0 Å². The van der Waals surface area contributed by atoms with Crippen molar-refractivity contribution in [3.05, 3.63) is 34.9 Å². The van der Waals surface area contributed by atoms with Crippen molar-refractivity contribution in [1.29, 1.82) is 0 Å². The molecule has 19 heavy (non-hydrogen) atoms. The van der Waals surface area contributed by atoms with Crippen molar-refractivity contribution in [2.75, 3.05) is 6.54 Å². The smallest absolute Gasteiger partial charge is 0.241 e. The molecule has 0 spiro atoms. The third-order valence-electron chi connectivity index (χ3n) is 3.67. The first-order valence-corrected chi connectivity index (χ1v) is 7.15. The van der Waals surface area contributed by atoms with E-state index >= 15 is 0 Å². The average Bonchev–Trinajstić information content (AvgIpc) is 3.11. The van der Waals surface area contributed by atoms with Crippen molar-refractivity contribution in [1.82, 2.24) is 15.8 Å². The second-order valence-electron chi connectivity index (χ2n) is 5.24. The molecule has 2 fully saturated rings. The molecule has 0 radical (unpaired) electrons. The van der Waals surface area contributed by atoms with Crippen molar-refractivity contribution < 1.29 is 4.79 Å². The van der Waals surface area contributed by atoms with Gasteiger partial charge < -0.3 is 4.90 Å². The van der Waals surface area contributed by atoms with Crippen LogP contribution in [0.3, 0.4) is 0 Å². The van der Waals surface area contributed by atoms with Gasteiger partial charge in [0, 0.05) is 24.2 Å². The molecule has 1 aromatic carbocycles. The minimum atomic E-state index is -0.0760. The van der Waals surface area contributed by atoms with E-state index in [9.17, 15) is 4.79 Å². The van der Waals surface area contributed by atoms with Gasteiger partial charge in [-0.25, -0.2) is 5.43 Å². The maximum absolute atomic E-state index is 12.5. The number of nitrogens with one attached hydrogen (secondary N) is 2. The molecule has 1 saturated heterocycles. The molecule has 0 aromatic heterocycles. The predicted octanol–water partition coefficient (Wildman–Crippen LogP) is 1.70. The van der Waals surface area contributed by atoms with Gasteiger partial charge in [0.2, 0.25) is 5.91 Å². The monoisotopic (exact) mass is 279 g/mol. The summed E-state index contributed by atoms with van der Waals surface area (Å²) >= 11 is 5.89. The van der Waals surface area contributed by atoms with Gasteiger partial charge in [-0.2, -0.15) is 0 Å². The third-order valence-corrected chi connectivity index (χ3v) is 3.92. The van der Waals surface area contributed by atoms with E-state index in [0.29, 0.717) is 12.6 Å². The summed E-state index contributed by atoms with van der Waals surface area (Å²) < 4.78 is 0. The van der Waals surface area contributed by atoms with E-state index in [4.69, 9.17) is 11.6 Å². The highest BCUT2D eigenvalue weighted by Crippen LogP contribution is 2.29. The SMILES string of the molecule is O=C(C1CCNN1)N(Cc1ccc(Cl)cc1)C1CC1. The number of nitrogens with zero attached hydrogens (tertiary/aromatic N) is 1. The van der Waals surface area contributed by atoms with E-state index in [1.165, 1.54) is 0 Å². The molecule has 1 unspecified atom stereocenters. The fourth-order valence-corrected chi connectivity index (χ4v) is 2.56. The van der Waals surface area contributed by atoms with Crippen molar-refractivity contribution >= 4 is 17.5 Å². The summed E-state index contributed by atoms with van der Waals surface area (Å²) in [6.07, 6.45) is 3.11. The van der Waals surface area contributed by atoms with E-state index in [1.54, 1.807) is 0 Å². The highest BCUT2D eigenvalue weighted by molar-refractivity contribution is 6.30. The lowest BCUT2D eigenvalue weighted by Gasteiger charge is -2.25. The maximum atomic E-state index is 12.5. The fourth-order valence-electron chi connectivity index (χ4n) is 2.43. The van der Waals surface area contributed by atoms with Gasteiger partial charge in [0.25, 0.3) is 0 Å². The summed E-state index contributed by atoms with van der Waals surface area (Å²) in [7, 11) is 0. The summed E-state index contributed by atoms with van der Waals surface area (Å²) in [4.78, 5) is 14.5. The number of hydrogen-bond donors (Lipinski definition) is 2. The summed E-state index contributed by atoms with van der Waals surface area (Å²) in [5.41, 5.74) is 7.21. The zero-order chi connectivity index (χ0) is 13.2. The summed E-state index contributed by atoms with van der Waals surface area (Å²) in [5, 5.41) is 0.731. The Bertz CT molecular complexity index is 452. The van der Waals surface area contributed by atoms with Crippen molar-refractivity contribution in [2.24, 2.45) is 0 Å². The van der Waals surface area contributed by atoms with Gasteiger partial charge in [0.15, 0.2) is 0 Å². The molecule has 2 N–H and O–H groups in total. The van der Waals surface area contributed by atoms with Crippen molar-refractivity contribution in [3.8, 4) is 0 Å². The van der Waals surface area contributed by atoms with Crippen molar-refractivity contribution in [3.63, 3.8) is 0 Å². The van der Waals surface area contributed by atoms with Crippen LogP contribution >= 0.6 is 11.6 Å². The molecule has 1 amide bonds. The second-order valence-corrected chi connectivity index (χ2v) is 5.67. The summed E-state index contributed by atoms with van der Waals surface area (Å²) in [6, 6.07) is 8.08. The first-order chi connectivity index (χ1) is 9.24. The Morgan fingerprint density at radius 2 is 2.00 bits per heavy atom. The molecule has 1 aromatic rings. The number of benzene rings is 1. The van der Waals surface area contributed by atoms with Crippen LogP contribution in [-0.2, 0) is 11.3 Å². The lowest BCUT2D eigenvalue weighted by Crippen LogP contribution is -2.46. The number of amides is 1. The van der Waals surface area contributed by atoms with Gasteiger partial charge in [-0.3, -0.25) is 10.2 Å². The molecule has 0 bridgehead atoms. The lowest BCUT2D eigenvalue weighted by molar-refractivity contribution is -0.134. The normalized spacial score (nSPS) is 22.5. The maximum Gasteiger partial charge on any atom is 0.241 e. The average molecular weight is 280 g/mol. The van der Waals surface area contributed by atoms with E-state index in [1.807, 2.05) is 29.2 Å². The first-order valence-electron chi connectivity index (χ1n) is 6.77. The molecular formula is C14H18ClN3O. The number of rotatable bonds is 4. The highest BCUT2D eigenvalue weighted by Gasteiger charge is 2.36. The minimum absolute atomic E-state index is 0.0760. The van der Waals surface area contributed by atoms with Crippen LogP contribution in [0.5, 0.6) is 0 Å². The molecule has 1 saturated carbocycles. The lowest BCUT2D eigenvalue weighted by atomic mass is 10.1. The van der Waals surface area contributed by atoms with Crippen LogP contribution in [-0.4, -0.2) is 29.4 Å². The van der Waals surface area contributed by atoms with Crippen molar-refractivity contribution in [2.45, 2.75) is 37.9 Å². The summed E-state index contributed by atoms with van der Waals surface area (Å²) in [5.74, 6) is 0.211. The Morgan fingerprint density at radius 3 is 2.58 bits per heavy atom. The number of halogens is 1. The van der Waals surface area contributed by atoms with E-state index in [2.05, 4.69) is 10.9 Å². The quantitative estimate of drug-likeness (QED) is 0.882. The topological polar surface area (TPSA) is 44.4 Å². The first kappa shape index (κ1) is 12.9. The number of carbonyl (C=O) groups is 1. The molecule has 5 heteroatoms. The molecule has 1 heterocycles. The Kier molecular flexibility index (Phi) is 3.73. The third kappa shape index (κ3) is 3.08. The zero-order valence-corrected chi connectivity index (χ0v) is 11.5. The van der Waals surface area contributed by atoms with E-state index in [0.717, 1.165) is 36.4 Å². The second kappa shape index (κ2) is 5.49. The minimum Gasteiger partial charge on any atom is -0.334 e. The molecule has 1 atom stereocenters. The van der Waals surface area contributed by atoms with Gasteiger partial charge in [-0.15, -0.1) is 0 Å². The Hall–Kier alpha value is -1.10. The largest absolute Gasteiger partial charge is 0.334 e. The van der Waals surface area contributed by atoms with E-state index < -0.39 is 0 Å². The van der Waals surface area contributed by atoms with Crippen LogP contribution in [0.4, 0.5) is 0 Å². The predicted molar refractivity (Wildman–Crippen MR) is 74.6 cm³/mol. The van der Waals surface area contributed by atoms with Crippen LogP contribution in [0.2, 0.25) is 5.02 Å². The Balaban J connectivity index is 1.70. The van der Waals surface area contributed by atoms with Crippen LogP contribution in [0, 0.1) is 0 Å². The number of carbonyl (C=O) groups excluding carboxylic acids is 1.